The topological polar surface area (TPSA) is 35.2 Å². The van der Waals surface area contributed by atoms with E-state index in [1.165, 1.54) is 11.3 Å². The first-order chi connectivity index (χ1) is 6.76. The number of hydrogen-bond donors (Lipinski definition) is 1. The lowest BCUT2D eigenvalue weighted by atomic mass is 10.3. The maximum atomic E-state index is 5.77. The van der Waals surface area contributed by atoms with E-state index < -0.39 is 0 Å². The van der Waals surface area contributed by atoms with Crippen molar-refractivity contribution in [2.45, 2.75) is 25.2 Å². The Balaban J connectivity index is 2.73. The van der Waals surface area contributed by atoms with Crippen LogP contribution in [0.3, 0.4) is 0 Å². The van der Waals surface area contributed by atoms with Crippen molar-refractivity contribution in [1.29, 1.82) is 0 Å². The molecule has 0 unspecified atom stereocenters. The minimum absolute atomic E-state index is 0.682. The van der Waals surface area contributed by atoms with Gasteiger partial charge in [-0.25, -0.2) is 0 Å². The molecule has 1 aromatic carbocycles. The zero-order valence-corrected chi connectivity index (χ0v) is 9.56. The van der Waals surface area contributed by atoms with Gasteiger partial charge in [-0.2, -0.15) is 0 Å². The van der Waals surface area contributed by atoms with Gasteiger partial charge < -0.3 is 10.5 Å². The molecular formula is C11H17NOS. The Bertz CT molecular complexity index is 289. The number of nitrogen functional groups attached to an aromatic ring is 1. The summed E-state index contributed by atoms with van der Waals surface area (Å²) >= 11 is 1.81. The van der Waals surface area contributed by atoms with Gasteiger partial charge in [0.25, 0.3) is 0 Å². The number of rotatable bonds is 5. The van der Waals surface area contributed by atoms with Crippen molar-refractivity contribution in [3.05, 3.63) is 18.2 Å². The van der Waals surface area contributed by atoms with E-state index >= 15 is 0 Å². The van der Waals surface area contributed by atoms with Gasteiger partial charge in [-0.05, 0) is 31.2 Å². The molecule has 0 fully saturated rings. The molecule has 0 aliphatic carbocycles. The zero-order valence-electron chi connectivity index (χ0n) is 8.75. The molecule has 0 heterocycles. The third-order valence-corrected chi connectivity index (χ3v) is 2.87. The van der Waals surface area contributed by atoms with Crippen molar-refractivity contribution in [2.75, 3.05) is 18.1 Å². The molecule has 0 saturated heterocycles. The summed E-state index contributed by atoms with van der Waals surface area (Å²) < 4.78 is 5.41. The molecule has 0 atom stereocenters. The van der Waals surface area contributed by atoms with Gasteiger partial charge in [0, 0.05) is 16.6 Å². The largest absolute Gasteiger partial charge is 0.494 e. The molecule has 0 aliphatic rings. The Labute approximate surface area is 89.8 Å². The third-order valence-electron chi connectivity index (χ3n) is 1.69. The Morgan fingerprint density at radius 2 is 2.07 bits per heavy atom. The van der Waals surface area contributed by atoms with E-state index in [1.54, 1.807) is 0 Å². The monoisotopic (exact) mass is 211 g/mol. The number of anilines is 1. The van der Waals surface area contributed by atoms with Gasteiger partial charge in [0.05, 0.1) is 6.61 Å². The van der Waals surface area contributed by atoms with Crippen LogP contribution in [0.4, 0.5) is 5.69 Å². The van der Waals surface area contributed by atoms with Gasteiger partial charge in [-0.15, -0.1) is 11.8 Å². The smallest absolute Gasteiger partial charge is 0.122 e. The van der Waals surface area contributed by atoms with Crippen LogP contribution in [0.15, 0.2) is 23.1 Å². The maximum Gasteiger partial charge on any atom is 0.122 e. The van der Waals surface area contributed by atoms with Crippen LogP contribution in [-0.2, 0) is 0 Å². The highest BCUT2D eigenvalue weighted by molar-refractivity contribution is 7.99. The van der Waals surface area contributed by atoms with E-state index in [4.69, 9.17) is 10.5 Å². The lowest BCUT2D eigenvalue weighted by Gasteiger charge is -2.07. The van der Waals surface area contributed by atoms with Crippen LogP contribution in [0.1, 0.15) is 20.3 Å². The van der Waals surface area contributed by atoms with Crippen molar-refractivity contribution in [3.8, 4) is 5.75 Å². The third kappa shape index (κ3) is 3.50. The summed E-state index contributed by atoms with van der Waals surface area (Å²) in [6.07, 6.45) is 1.17. The second-order valence-electron chi connectivity index (χ2n) is 3.02. The van der Waals surface area contributed by atoms with Crippen LogP contribution in [0.2, 0.25) is 0 Å². The summed E-state index contributed by atoms with van der Waals surface area (Å²) in [5.41, 5.74) is 6.54. The van der Waals surface area contributed by atoms with Gasteiger partial charge in [0.2, 0.25) is 0 Å². The Hall–Kier alpha value is -0.830. The first-order valence-corrected chi connectivity index (χ1v) is 5.91. The number of nitrogens with two attached hydrogens (primary N) is 1. The SMILES string of the molecule is CCCSc1cc(N)cc(OCC)c1. The predicted molar refractivity (Wildman–Crippen MR) is 63.0 cm³/mol. The van der Waals surface area contributed by atoms with Crippen molar-refractivity contribution in [2.24, 2.45) is 0 Å². The Morgan fingerprint density at radius 1 is 1.29 bits per heavy atom. The molecule has 0 saturated carbocycles. The predicted octanol–water partition coefficient (Wildman–Crippen LogP) is 3.17. The van der Waals surface area contributed by atoms with Gasteiger partial charge in [0.1, 0.15) is 5.75 Å². The van der Waals surface area contributed by atoms with E-state index in [2.05, 4.69) is 6.92 Å². The molecular weight excluding hydrogens is 194 g/mol. The van der Waals surface area contributed by atoms with Crippen molar-refractivity contribution < 1.29 is 4.74 Å². The average Bonchev–Trinajstić information content (AvgIpc) is 2.14. The molecule has 1 rings (SSSR count). The van der Waals surface area contributed by atoms with Crippen LogP contribution < -0.4 is 10.5 Å². The fourth-order valence-corrected chi connectivity index (χ4v) is 2.01. The van der Waals surface area contributed by atoms with E-state index in [0.717, 1.165) is 17.2 Å². The molecule has 78 valence electrons. The van der Waals surface area contributed by atoms with Crippen LogP contribution in [-0.4, -0.2) is 12.4 Å². The highest BCUT2D eigenvalue weighted by Crippen LogP contribution is 2.26. The molecule has 0 aliphatic heterocycles. The van der Waals surface area contributed by atoms with Crippen molar-refractivity contribution >= 4 is 17.4 Å². The molecule has 0 aromatic heterocycles. The standard InChI is InChI=1S/C11H17NOS/c1-3-5-14-11-7-9(12)6-10(8-11)13-4-2/h6-8H,3-5,12H2,1-2H3. The number of thioether (sulfide) groups is 1. The van der Waals surface area contributed by atoms with Gasteiger partial charge in [-0.3, -0.25) is 0 Å². The summed E-state index contributed by atoms with van der Waals surface area (Å²) in [4.78, 5) is 1.19. The molecule has 2 nitrogen and oxygen atoms in total. The van der Waals surface area contributed by atoms with Crippen LogP contribution in [0, 0.1) is 0 Å². The summed E-state index contributed by atoms with van der Waals surface area (Å²) in [7, 11) is 0. The molecule has 0 bridgehead atoms. The van der Waals surface area contributed by atoms with Crippen molar-refractivity contribution in [3.63, 3.8) is 0 Å². The summed E-state index contributed by atoms with van der Waals surface area (Å²) in [6, 6.07) is 5.89. The van der Waals surface area contributed by atoms with Crippen LogP contribution in [0.25, 0.3) is 0 Å². The van der Waals surface area contributed by atoms with E-state index in [-0.39, 0.29) is 0 Å². The summed E-state index contributed by atoms with van der Waals surface area (Å²) in [6.45, 7) is 4.83. The van der Waals surface area contributed by atoms with Crippen LogP contribution in [0.5, 0.6) is 5.75 Å². The second-order valence-corrected chi connectivity index (χ2v) is 4.19. The lowest BCUT2D eigenvalue weighted by Crippen LogP contribution is -1.94. The number of ether oxygens (including phenoxy) is 1. The molecule has 0 amide bonds. The molecule has 1 aromatic rings. The van der Waals surface area contributed by atoms with Crippen LogP contribution >= 0.6 is 11.8 Å². The first-order valence-electron chi connectivity index (χ1n) is 4.92. The lowest BCUT2D eigenvalue weighted by molar-refractivity contribution is 0.339. The zero-order chi connectivity index (χ0) is 10.4. The fourth-order valence-electron chi connectivity index (χ4n) is 1.15. The van der Waals surface area contributed by atoms with Crippen molar-refractivity contribution in [1.82, 2.24) is 0 Å². The number of hydrogen-bond acceptors (Lipinski definition) is 3. The Kier molecular flexibility index (Phi) is 4.66. The summed E-state index contributed by atoms with van der Waals surface area (Å²) in [5.74, 6) is 1.99. The van der Waals surface area contributed by atoms with E-state index in [1.807, 2.05) is 36.9 Å². The molecule has 3 heteroatoms. The van der Waals surface area contributed by atoms with E-state index in [0.29, 0.717) is 6.61 Å². The maximum absolute atomic E-state index is 5.77. The molecule has 0 radical (unpaired) electrons. The van der Waals surface area contributed by atoms with Gasteiger partial charge in [-0.1, -0.05) is 6.92 Å². The molecule has 0 spiro atoms. The fraction of sp³-hybridized carbons (Fsp3) is 0.455. The molecule has 14 heavy (non-hydrogen) atoms. The Morgan fingerprint density at radius 3 is 2.71 bits per heavy atom. The number of benzene rings is 1. The highest BCUT2D eigenvalue weighted by atomic mass is 32.2. The first kappa shape index (κ1) is 11.2. The summed E-state index contributed by atoms with van der Waals surface area (Å²) in [5, 5.41) is 0. The van der Waals surface area contributed by atoms with Gasteiger partial charge in [0.15, 0.2) is 0 Å². The minimum Gasteiger partial charge on any atom is -0.494 e. The highest BCUT2D eigenvalue weighted by Gasteiger charge is 1.99. The molecule has 2 N–H and O–H groups in total. The second kappa shape index (κ2) is 5.81. The van der Waals surface area contributed by atoms with Gasteiger partial charge >= 0.3 is 0 Å². The quantitative estimate of drug-likeness (QED) is 0.600. The minimum atomic E-state index is 0.682. The normalized spacial score (nSPS) is 10.1. The van der Waals surface area contributed by atoms with E-state index in [9.17, 15) is 0 Å². The average molecular weight is 211 g/mol.